The van der Waals surface area contributed by atoms with Gasteiger partial charge in [-0.2, -0.15) is 0 Å². The third kappa shape index (κ3) is 1.56. The number of benzene rings is 1. The molecule has 1 rings (SSSR count). The molecule has 16 heavy (non-hydrogen) atoms. The van der Waals surface area contributed by atoms with E-state index in [-0.39, 0.29) is 5.56 Å². The molecule has 0 amide bonds. The molecule has 84 valence electrons. The Morgan fingerprint density at radius 1 is 1.00 bits per heavy atom. The molecule has 0 saturated carbocycles. The first kappa shape index (κ1) is 11.9. The number of carbonyl (C=O) groups excluding carboxylic acids is 1. The van der Waals surface area contributed by atoms with E-state index in [1.54, 1.807) is 6.07 Å². The van der Waals surface area contributed by atoms with Crippen molar-refractivity contribution < 1.29 is 24.6 Å². The standard InChI is InChI=1S/C11H10O5/c1-7(12)11(9(13)14,10(15)16)8-5-3-2-4-6-8/h2-6H,1H3,(H,13,14)(H,15,16). The maximum atomic E-state index is 11.4. The van der Waals surface area contributed by atoms with Crippen molar-refractivity contribution in [2.45, 2.75) is 12.3 Å². The SMILES string of the molecule is CC(=O)C(C(=O)O)(C(=O)O)c1ccccc1. The Bertz CT molecular complexity index is 399. The van der Waals surface area contributed by atoms with Gasteiger partial charge < -0.3 is 10.2 Å². The molecule has 0 fully saturated rings. The monoisotopic (exact) mass is 222 g/mol. The average Bonchev–Trinajstić information content (AvgIpc) is 2.18. The summed E-state index contributed by atoms with van der Waals surface area (Å²) in [5.41, 5.74) is -2.57. The van der Waals surface area contributed by atoms with Crippen LogP contribution in [0.2, 0.25) is 0 Å². The molecule has 0 saturated heterocycles. The van der Waals surface area contributed by atoms with Gasteiger partial charge in [0.05, 0.1) is 0 Å². The summed E-state index contributed by atoms with van der Waals surface area (Å²) in [4.78, 5) is 33.6. The van der Waals surface area contributed by atoms with Crippen molar-refractivity contribution in [1.82, 2.24) is 0 Å². The van der Waals surface area contributed by atoms with E-state index < -0.39 is 23.1 Å². The summed E-state index contributed by atoms with van der Waals surface area (Å²) < 4.78 is 0. The summed E-state index contributed by atoms with van der Waals surface area (Å²) in [6.45, 7) is 0.954. The Kier molecular flexibility index (Phi) is 3.08. The predicted octanol–water partition coefficient (Wildman–Crippen LogP) is 0.683. The van der Waals surface area contributed by atoms with E-state index in [1.807, 2.05) is 0 Å². The highest BCUT2D eigenvalue weighted by Gasteiger charge is 2.53. The van der Waals surface area contributed by atoms with E-state index in [2.05, 4.69) is 0 Å². The molecule has 0 aromatic heterocycles. The summed E-state index contributed by atoms with van der Waals surface area (Å²) in [5.74, 6) is -4.30. The number of Topliss-reactive ketones (excluding diaryl/α,β-unsaturated/α-hetero) is 1. The van der Waals surface area contributed by atoms with Crippen molar-refractivity contribution in [3.05, 3.63) is 35.9 Å². The van der Waals surface area contributed by atoms with Gasteiger partial charge in [0.2, 0.25) is 5.41 Å². The topological polar surface area (TPSA) is 91.7 Å². The lowest BCUT2D eigenvalue weighted by molar-refractivity contribution is -0.160. The highest BCUT2D eigenvalue weighted by atomic mass is 16.4. The molecule has 0 spiro atoms. The van der Waals surface area contributed by atoms with Crippen LogP contribution in [0.4, 0.5) is 0 Å². The number of ketones is 1. The maximum absolute atomic E-state index is 11.4. The van der Waals surface area contributed by atoms with E-state index in [0.29, 0.717) is 0 Å². The second kappa shape index (κ2) is 4.14. The second-order valence-electron chi connectivity index (χ2n) is 3.28. The van der Waals surface area contributed by atoms with Gasteiger partial charge in [-0.1, -0.05) is 30.3 Å². The molecule has 1 aromatic carbocycles. The fraction of sp³-hybridized carbons (Fsp3) is 0.182. The lowest BCUT2D eigenvalue weighted by atomic mass is 9.77. The molecule has 0 aliphatic heterocycles. The predicted molar refractivity (Wildman–Crippen MR) is 54.1 cm³/mol. The highest BCUT2D eigenvalue weighted by molar-refractivity contribution is 6.24. The van der Waals surface area contributed by atoms with E-state index >= 15 is 0 Å². The van der Waals surface area contributed by atoms with Gasteiger partial charge in [-0.25, -0.2) is 0 Å². The molecular weight excluding hydrogens is 212 g/mol. The summed E-state index contributed by atoms with van der Waals surface area (Å²) in [6.07, 6.45) is 0. The zero-order valence-corrected chi connectivity index (χ0v) is 8.51. The van der Waals surface area contributed by atoms with Gasteiger partial charge in [0.25, 0.3) is 0 Å². The van der Waals surface area contributed by atoms with Crippen molar-refractivity contribution in [3.63, 3.8) is 0 Å². The first-order valence-electron chi connectivity index (χ1n) is 4.47. The zero-order chi connectivity index (χ0) is 12.3. The van der Waals surface area contributed by atoms with Crippen molar-refractivity contribution in [3.8, 4) is 0 Å². The van der Waals surface area contributed by atoms with Crippen LogP contribution in [0, 0.1) is 0 Å². The molecule has 0 aliphatic carbocycles. The molecule has 2 N–H and O–H groups in total. The van der Waals surface area contributed by atoms with Crippen molar-refractivity contribution >= 4 is 17.7 Å². The Morgan fingerprint density at radius 3 is 1.75 bits per heavy atom. The van der Waals surface area contributed by atoms with E-state index in [4.69, 9.17) is 10.2 Å². The number of aliphatic carboxylic acids is 2. The molecule has 0 bridgehead atoms. The van der Waals surface area contributed by atoms with Gasteiger partial charge in [0, 0.05) is 0 Å². The molecule has 0 radical (unpaired) electrons. The minimum atomic E-state index is -2.51. The quantitative estimate of drug-likeness (QED) is 0.731. The number of carboxylic acid groups (broad SMARTS) is 2. The molecular formula is C11H10O5. The molecule has 0 aliphatic rings. The maximum Gasteiger partial charge on any atom is 0.333 e. The second-order valence-corrected chi connectivity index (χ2v) is 3.28. The summed E-state index contributed by atoms with van der Waals surface area (Å²) in [6, 6.07) is 7.20. The van der Waals surface area contributed by atoms with E-state index in [9.17, 15) is 14.4 Å². The molecule has 0 heterocycles. The normalized spacial score (nSPS) is 10.8. The van der Waals surface area contributed by atoms with Crippen LogP contribution in [-0.4, -0.2) is 27.9 Å². The Labute approximate surface area is 91.3 Å². The Balaban J connectivity index is 3.52. The van der Waals surface area contributed by atoms with Crippen LogP contribution in [0.3, 0.4) is 0 Å². The van der Waals surface area contributed by atoms with Gasteiger partial charge in [0.15, 0.2) is 5.78 Å². The number of carbonyl (C=O) groups is 3. The fourth-order valence-corrected chi connectivity index (χ4v) is 1.53. The van der Waals surface area contributed by atoms with Gasteiger partial charge in [-0.05, 0) is 12.5 Å². The molecule has 1 aromatic rings. The van der Waals surface area contributed by atoms with Crippen LogP contribution in [0.25, 0.3) is 0 Å². The van der Waals surface area contributed by atoms with Gasteiger partial charge in [0.1, 0.15) is 0 Å². The fourth-order valence-electron chi connectivity index (χ4n) is 1.53. The summed E-state index contributed by atoms with van der Waals surface area (Å²) >= 11 is 0. The number of hydrogen-bond donors (Lipinski definition) is 2. The summed E-state index contributed by atoms with van der Waals surface area (Å²) in [5, 5.41) is 18.0. The van der Waals surface area contributed by atoms with Crippen LogP contribution in [0.15, 0.2) is 30.3 Å². The smallest absolute Gasteiger partial charge is 0.333 e. The largest absolute Gasteiger partial charge is 0.480 e. The molecule has 5 nitrogen and oxygen atoms in total. The molecule has 5 heteroatoms. The molecule has 0 atom stereocenters. The van der Waals surface area contributed by atoms with Crippen LogP contribution < -0.4 is 0 Å². The Hall–Kier alpha value is -2.17. The molecule has 0 unspecified atom stereocenters. The van der Waals surface area contributed by atoms with Crippen LogP contribution in [0.5, 0.6) is 0 Å². The van der Waals surface area contributed by atoms with Crippen molar-refractivity contribution in [2.24, 2.45) is 0 Å². The van der Waals surface area contributed by atoms with Gasteiger partial charge in [-0.3, -0.25) is 14.4 Å². The minimum Gasteiger partial charge on any atom is -0.480 e. The van der Waals surface area contributed by atoms with E-state index in [1.165, 1.54) is 24.3 Å². The first-order valence-corrected chi connectivity index (χ1v) is 4.47. The lowest BCUT2D eigenvalue weighted by Gasteiger charge is -2.21. The number of hydrogen-bond acceptors (Lipinski definition) is 3. The van der Waals surface area contributed by atoms with Crippen LogP contribution >= 0.6 is 0 Å². The van der Waals surface area contributed by atoms with Gasteiger partial charge >= 0.3 is 11.9 Å². The number of rotatable bonds is 4. The number of carboxylic acids is 2. The minimum absolute atomic E-state index is 0.0532. The lowest BCUT2D eigenvalue weighted by Crippen LogP contribution is -2.49. The van der Waals surface area contributed by atoms with Crippen LogP contribution in [0.1, 0.15) is 12.5 Å². The third-order valence-electron chi connectivity index (χ3n) is 2.38. The van der Waals surface area contributed by atoms with Crippen LogP contribution in [-0.2, 0) is 19.8 Å². The Morgan fingerprint density at radius 2 is 1.44 bits per heavy atom. The van der Waals surface area contributed by atoms with Crippen molar-refractivity contribution in [1.29, 1.82) is 0 Å². The average molecular weight is 222 g/mol. The zero-order valence-electron chi connectivity index (χ0n) is 8.51. The highest BCUT2D eigenvalue weighted by Crippen LogP contribution is 2.26. The summed E-state index contributed by atoms with van der Waals surface area (Å²) in [7, 11) is 0. The van der Waals surface area contributed by atoms with Crippen molar-refractivity contribution in [2.75, 3.05) is 0 Å². The van der Waals surface area contributed by atoms with E-state index in [0.717, 1.165) is 6.92 Å². The first-order chi connectivity index (χ1) is 7.44. The van der Waals surface area contributed by atoms with Gasteiger partial charge in [-0.15, -0.1) is 0 Å². The third-order valence-corrected chi connectivity index (χ3v) is 2.38.